The molecule has 1 saturated heterocycles. The molecule has 1 atom stereocenters. The molecule has 1 unspecified atom stereocenters. The van der Waals surface area contributed by atoms with Crippen molar-refractivity contribution >= 4 is 11.9 Å². The molecule has 1 aromatic rings. The normalized spacial score (nSPS) is 20.1. The number of nitrogens with one attached hydrogen (secondary N) is 2. The largest absolute Gasteiger partial charge is 0.373 e. The molecule has 1 aliphatic rings. The van der Waals surface area contributed by atoms with Gasteiger partial charge in [0.15, 0.2) is 5.96 Å². The predicted octanol–water partition coefficient (Wildman–Crippen LogP) is 2.40. The molecule has 26 heavy (non-hydrogen) atoms. The topological polar surface area (TPSA) is 66.0 Å². The summed E-state index contributed by atoms with van der Waals surface area (Å²) >= 11 is 0. The van der Waals surface area contributed by atoms with Gasteiger partial charge in [-0.1, -0.05) is 12.1 Å². The molecule has 1 amide bonds. The van der Waals surface area contributed by atoms with Crippen LogP contribution >= 0.6 is 0 Å². The van der Waals surface area contributed by atoms with Crippen molar-refractivity contribution in [2.75, 3.05) is 33.3 Å². The van der Waals surface area contributed by atoms with E-state index in [1.54, 1.807) is 7.05 Å². The van der Waals surface area contributed by atoms with Crippen LogP contribution < -0.4 is 10.6 Å². The smallest absolute Gasteiger partial charge is 0.253 e. The number of nitrogens with zero attached hydrogens (tertiary/aromatic N) is 2. The quantitative estimate of drug-likeness (QED) is 0.579. The highest BCUT2D eigenvalue weighted by Gasteiger charge is 2.29. The van der Waals surface area contributed by atoms with Gasteiger partial charge in [0.2, 0.25) is 0 Å². The van der Waals surface area contributed by atoms with E-state index in [0.717, 1.165) is 56.2 Å². The summed E-state index contributed by atoms with van der Waals surface area (Å²) in [5.74, 6) is 0.835. The van der Waals surface area contributed by atoms with Gasteiger partial charge in [-0.15, -0.1) is 0 Å². The Morgan fingerprint density at radius 1 is 1.23 bits per heavy atom. The number of hydrogen-bond donors (Lipinski definition) is 2. The van der Waals surface area contributed by atoms with E-state index >= 15 is 0 Å². The van der Waals surface area contributed by atoms with Crippen molar-refractivity contribution in [3.8, 4) is 0 Å². The highest BCUT2D eigenvalue weighted by molar-refractivity contribution is 5.94. The number of guanidine groups is 1. The maximum absolute atomic E-state index is 12.3. The molecule has 144 valence electrons. The molecular formula is C20H32N4O2. The SMILES string of the molecule is CCN(CC)C(=O)c1ccc(CNC(=NC)NCC2(C)CCCO2)cc1. The van der Waals surface area contributed by atoms with Gasteiger partial charge in [-0.05, 0) is 51.3 Å². The van der Waals surface area contributed by atoms with Gasteiger partial charge in [0.25, 0.3) is 5.91 Å². The summed E-state index contributed by atoms with van der Waals surface area (Å²) in [5.41, 5.74) is 1.72. The van der Waals surface area contributed by atoms with Crippen molar-refractivity contribution < 1.29 is 9.53 Å². The lowest BCUT2D eigenvalue weighted by Gasteiger charge is -2.24. The van der Waals surface area contributed by atoms with Crippen molar-refractivity contribution in [3.63, 3.8) is 0 Å². The van der Waals surface area contributed by atoms with Crippen LogP contribution in [0.15, 0.2) is 29.3 Å². The van der Waals surface area contributed by atoms with Gasteiger partial charge in [-0.3, -0.25) is 9.79 Å². The molecule has 0 saturated carbocycles. The summed E-state index contributed by atoms with van der Waals surface area (Å²) < 4.78 is 5.79. The van der Waals surface area contributed by atoms with Gasteiger partial charge in [-0.25, -0.2) is 0 Å². The number of benzene rings is 1. The second kappa shape index (κ2) is 9.57. The molecule has 1 heterocycles. The first kappa shape index (κ1) is 20.2. The van der Waals surface area contributed by atoms with Gasteiger partial charge < -0.3 is 20.3 Å². The average molecular weight is 361 g/mol. The zero-order chi connectivity index (χ0) is 19.0. The third-order valence-corrected chi connectivity index (χ3v) is 4.87. The molecule has 2 rings (SSSR count). The lowest BCUT2D eigenvalue weighted by atomic mass is 10.0. The van der Waals surface area contributed by atoms with Gasteiger partial charge in [-0.2, -0.15) is 0 Å². The fraction of sp³-hybridized carbons (Fsp3) is 0.600. The Bertz CT molecular complexity index is 603. The van der Waals surface area contributed by atoms with E-state index in [0.29, 0.717) is 6.54 Å². The fourth-order valence-electron chi connectivity index (χ4n) is 3.11. The Balaban J connectivity index is 1.85. The van der Waals surface area contributed by atoms with Gasteiger partial charge in [0, 0.05) is 45.4 Å². The molecule has 1 aromatic carbocycles. The summed E-state index contributed by atoms with van der Waals surface area (Å²) in [6.07, 6.45) is 2.18. The fourth-order valence-corrected chi connectivity index (χ4v) is 3.11. The zero-order valence-corrected chi connectivity index (χ0v) is 16.5. The lowest BCUT2D eigenvalue weighted by Crippen LogP contribution is -2.45. The van der Waals surface area contributed by atoms with Gasteiger partial charge in [0.1, 0.15) is 0 Å². The molecule has 6 nitrogen and oxygen atoms in total. The van der Waals surface area contributed by atoms with Crippen LogP contribution in [0, 0.1) is 0 Å². The first-order valence-corrected chi connectivity index (χ1v) is 9.48. The third kappa shape index (κ3) is 5.46. The number of carbonyl (C=O) groups is 1. The van der Waals surface area contributed by atoms with E-state index in [2.05, 4.69) is 22.5 Å². The summed E-state index contributed by atoms with van der Waals surface area (Å²) in [6.45, 7) is 9.80. The average Bonchev–Trinajstić information content (AvgIpc) is 3.10. The second-order valence-corrected chi connectivity index (χ2v) is 6.86. The minimum Gasteiger partial charge on any atom is -0.373 e. The van der Waals surface area contributed by atoms with Crippen LogP contribution in [0.4, 0.5) is 0 Å². The molecule has 0 aromatic heterocycles. The Kier molecular flexibility index (Phi) is 7.45. The van der Waals surface area contributed by atoms with E-state index < -0.39 is 0 Å². The molecule has 0 radical (unpaired) electrons. The summed E-state index contributed by atoms with van der Waals surface area (Å²) in [5, 5.41) is 6.64. The number of carbonyl (C=O) groups excluding carboxylic acids is 1. The first-order valence-electron chi connectivity index (χ1n) is 9.48. The summed E-state index contributed by atoms with van der Waals surface area (Å²) in [4.78, 5) is 18.4. The number of rotatable bonds is 7. The van der Waals surface area contributed by atoms with E-state index in [1.807, 2.05) is 43.0 Å². The number of ether oxygens (including phenoxy) is 1. The van der Waals surface area contributed by atoms with Crippen LogP contribution in [0.5, 0.6) is 0 Å². The molecule has 2 N–H and O–H groups in total. The summed E-state index contributed by atoms with van der Waals surface area (Å²) in [6, 6.07) is 7.75. The maximum Gasteiger partial charge on any atom is 0.253 e. The van der Waals surface area contributed by atoms with Crippen molar-refractivity contribution in [2.45, 2.75) is 45.8 Å². The van der Waals surface area contributed by atoms with Gasteiger partial charge >= 0.3 is 0 Å². The predicted molar refractivity (Wildman–Crippen MR) is 105 cm³/mol. The van der Waals surface area contributed by atoms with Crippen molar-refractivity contribution in [1.29, 1.82) is 0 Å². The Labute approximate surface area is 157 Å². The second-order valence-electron chi connectivity index (χ2n) is 6.86. The highest BCUT2D eigenvalue weighted by atomic mass is 16.5. The van der Waals surface area contributed by atoms with Crippen LogP contribution in [-0.4, -0.2) is 55.7 Å². The van der Waals surface area contributed by atoms with Gasteiger partial charge in [0.05, 0.1) is 5.60 Å². The van der Waals surface area contributed by atoms with Crippen LogP contribution in [0.2, 0.25) is 0 Å². The van der Waals surface area contributed by atoms with Crippen LogP contribution in [0.25, 0.3) is 0 Å². The minimum atomic E-state index is -0.107. The van der Waals surface area contributed by atoms with Crippen molar-refractivity contribution in [3.05, 3.63) is 35.4 Å². The molecule has 0 bridgehead atoms. The van der Waals surface area contributed by atoms with Crippen molar-refractivity contribution in [1.82, 2.24) is 15.5 Å². The van der Waals surface area contributed by atoms with Crippen LogP contribution in [0.3, 0.4) is 0 Å². The molecule has 0 aliphatic carbocycles. The molecule has 1 fully saturated rings. The minimum absolute atomic E-state index is 0.0804. The Morgan fingerprint density at radius 2 is 1.92 bits per heavy atom. The number of amides is 1. The van der Waals surface area contributed by atoms with E-state index in [9.17, 15) is 4.79 Å². The molecule has 1 aliphatic heterocycles. The first-order chi connectivity index (χ1) is 12.5. The number of aliphatic imine (C=N–C) groups is 1. The molecule has 6 heteroatoms. The third-order valence-electron chi connectivity index (χ3n) is 4.87. The Morgan fingerprint density at radius 3 is 2.46 bits per heavy atom. The van der Waals surface area contributed by atoms with E-state index in [1.165, 1.54) is 0 Å². The molecular weight excluding hydrogens is 328 g/mol. The number of hydrogen-bond acceptors (Lipinski definition) is 3. The standard InChI is InChI=1S/C20H32N4O2/c1-5-24(6-2)18(25)17-10-8-16(9-11-17)14-22-19(21-4)23-15-20(3)12-7-13-26-20/h8-11H,5-7,12-15H2,1-4H3,(H2,21,22,23). The lowest BCUT2D eigenvalue weighted by molar-refractivity contribution is 0.0243. The highest BCUT2D eigenvalue weighted by Crippen LogP contribution is 2.23. The monoisotopic (exact) mass is 360 g/mol. The zero-order valence-electron chi connectivity index (χ0n) is 16.5. The maximum atomic E-state index is 12.3. The summed E-state index contributed by atoms with van der Waals surface area (Å²) in [7, 11) is 1.76. The molecule has 0 spiro atoms. The van der Waals surface area contributed by atoms with Crippen molar-refractivity contribution in [2.24, 2.45) is 4.99 Å². The van der Waals surface area contributed by atoms with E-state index in [-0.39, 0.29) is 11.5 Å². The van der Waals surface area contributed by atoms with E-state index in [4.69, 9.17) is 4.74 Å². The van der Waals surface area contributed by atoms with Crippen LogP contribution in [-0.2, 0) is 11.3 Å². The Hall–Kier alpha value is -2.08. The van der Waals surface area contributed by atoms with Crippen LogP contribution in [0.1, 0.15) is 49.5 Å².